The van der Waals surface area contributed by atoms with Gasteiger partial charge in [-0.3, -0.25) is 4.98 Å². The lowest BCUT2D eigenvalue weighted by Crippen LogP contribution is -2.06. The van der Waals surface area contributed by atoms with Crippen molar-refractivity contribution >= 4 is 17.3 Å². The van der Waals surface area contributed by atoms with E-state index < -0.39 is 11.8 Å². The minimum atomic E-state index is -1.15. The van der Waals surface area contributed by atoms with Gasteiger partial charge in [0.15, 0.2) is 5.69 Å². The van der Waals surface area contributed by atoms with E-state index in [1.54, 1.807) is 19.1 Å². The van der Waals surface area contributed by atoms with E-state index in [1.807, 2.05) is 0 Å². The molecule has 0 amide bonds. The number of carboxylic acid groups (broad SMARTS) is 1. The molecule has 2 rings (SSSR count). The fourth-order valence-corrected chi connectivity index (χ4v) is 1.46. The third kappa shape index (κ3) is 2.60. The number of carbonyl (C=O) groups is 1. The minimum Gasteiger partial charge on any atom is -0.476 e. The van der Waals surface area contributed by atoms with E-state index in [9.17, 15) is 9.18 Å². The number of aryl methyl sites for hydroxylation is 1. The molecule has 0 unspecified atom stereocenters. The Morgan fingerprint density at radius 1 is 1.39 bits per heavy atom. The molecule has 0 aliphatic rings. The molecule has 2 aromatic heterocycles. The third-order valence-corrected chi connectivity index (χ3v) is 2.22. The molecule has 92 valence electrons. The smallest absolute Gasteiger partial charge is 0.356 e. The van der Waals surface area contributed by atoms with Gasteiger partial charge in [-0.05, 0) is 19.1 Å². The van der Waals surface area contributed by atoms with Crippen LogP contribution in [0.4, 0.5) is 15.8 Å². The van der Waals surface area contributed by atoms with E-state index in [4.69, 9.17) is 5.11 Å². The Kier molecular flexibility index (Phi) is 3.18. The van der Waals surface area contributed by atoms with Crippen LogP contribution in [0.1, 0.15) is 16.2 Å². The molecule has 0 saturated heterocycles. The zero-order valence-electron chi connectivity index (χ0n) is 9.51. The van der Waals surface area contributed by atoms with Gasteiger partial charge in [-0.1, -0.05) is 0 Å². The summed E-state index contributed by atoms with van der Waals surface area (Å²) in [5.41, 5.74) is 1.14. The molecule has 0 atom stereocenters. The Labute approximate surface area is 102 Å². The predicted molar refractivity (Wildman–Crippen MR) is 63.4 cm³/mol. The number of nitrogens with one attached hydrogen (secondary N) is 1. The molecule has 0 aliphatic heterocycles. The second-order valence-electron chi connectivity index (χ2n) is 3.67. The first-order valence-electron chi connectivity index (χ1n) is 5.15. The topological polar surface area (TPSA) is 75.1 Å². The highest BCUT2D eigenvalue weighted by molar-refractivity contribution is 5.92. The van der Waals surface area contributed by atoms with Crippen LogP contribution >= 0.6 is 0 Å². The third-order valence-electron chi connectivity index (χ3n) is 2.22. The molecule has 0 bridgehead atoms. The van der Waals surface area contributed by atoms with Crippen molar-refractivity contribution in [3.05, 3.63) is 47.8 Å². The zero-order valence-corrected chi connectivity index (χ0v) is 9.51. The van der Waals surface area contributed by atoms with E-state index in [1.165, 1.54) is 12.3 Å². The maximum absolute atomic E-state index is 13.0. The second kappa shape index (κ2) is 4.79. The van der Waals surface area contributed by atoms with Gasteiger partial charge in [0.25, 0.3) is 0 Å². The maximum atomic E-state index is 13.0. The van der Waals surface area contributed by atoms with Gasteiger partial charge in [0, 0.05) is 11.8 Å². The average molecular weight is 247 g/mol. The number of rotatable bonds is 3. The van der Waals surface area contributed by atoms with Crippen LogP contribution in [0.25, 0.3) is 0 Å². The summed E-state index contributed by atoms with van der Waals surface area (Å²) in [6.45, 7) is 1.69. The molecule has 0 saturated carbocycles. The van der Waals surface area contributed by atoms with Crippen molar-refractivity contribution in [3.8, 4) is 0 Å². The number of anilines is 2. The molecule has 0 radical (unpaired) electrons. The van der Waals surface area contributed by atoms with Crippen LogP contribution in [-0.4, -0.2) is 21.0 Å². The SMILES string of the molecule is Cc1ccc(Nc2cncc(F)c2)c(C(=O)O)n1. The summed E-state index contributed by atoms with van der Waals surface area (Å²) in [5.74, 6) is -1.65. The summed E-state index contributed by atoms with van der Waals surface area (Å²) in [6.07, 6.45) is 2.46. The molecule has 0 aliphatic carbocycles. The van der Waals surface area contributed by atoms with Crippen molar-refractivity contribution in [1.29, 1.82) is 0 Å². The highest BCUT2D eigenvalue weighted by atomic mass is 19.1. The van der Waals surface area contributed by atoms with Crippen molar-refractivity contribution in [3.63, 3.8) is 0 Å². The second-order valence-corrected chi connectivity index (χ2v) is 3.67. The van der Waals surface area contributed by atoms with Gasteiger partial charge in [-0.15, -0.1) is 0 Å². The highest BCUT2D eigenvalue weighted by Crippen LogP contribution is 2.20. The summed E-state index contributed by atoms with van der Waals surface area (Å²) in [7, 11) is 0. The minimum absolute atomic E-state index is 0.112. The van der Waals surface area contributed by atoms with Crippen LogP contribution < -0.4 is 5.32 Å². The molecule has 2 N–H and O–H groups in total. The molecule has 18 heavy (non-hydrogen) atoms. The van der Waals surface area contributed by atoms with E-state index in [-0.39, 0.29) is 5.69 Å². The molecule has 2 aromatic rings. The van der Waals surface area contributed by atoms with Crippen LogP contribution in [0.5, 0.6) is 0 Å². The summed E-state index contributed by atoms with van der Waals surface area (Å²) in [6, 6.07) is 4.47. The molecular weight excluding hydrogens is 237 g/mol. The average Bonchev–Trinajstić information content (AvgIpc) is 2.31. The molecule has 5 nitrogen and oxygen atoms in total. The summed E-state index contributed by atoms with van der Waals surface area (Å²) in [5, 5.41) is 11.8. The van der Waals surface area contributed by atoms with Gasteiger partial charge in [-0.2, -0.15) is 0 Å². The van der Waals surface area contributed by atoms with Crippen LogP contribution in [-0.2, 0) is 0 Å². The first kappa shape index (κ1) is 12.0. The van der Waals surface area contributed by atoms with Crippen molar-refractivity contribution in [1.82, 2.24) is 9.97 Å². The monoisotopic (exact) mass is 247 g/mol. The zero-order chi connectivity index (χ0) is 13.1. The summed E-state index contributed by atoms with van der Waals surface area (Å²) < 4.78 is 13.0. The van der Waals surface area contributed by atoms with Gasteiger partial charge >= 0.3 is 5.97 Å². The first-order valence-corrected chi connectivity index (χ1v) is 5.15. The Balaban J connectivity index is 2.37. The lowest BCUT2D eigenvalue weighted by molar-refractivity contribution is 0.0691. The first-order chi connectivity index (χ1) is 8.56. The van der Waals surface area contributed by atoms with Crippen LogP contribution in [0.3, 0.4) is 0 Å². The van der Waals surface area contributed by atoms with Crippen molar-refractivity contribution < 1.29 is 14.3 Å². The number of aromatic nitrogens is 2. The van der Waals surface area contributed by atoms with Gasteiger partial charge in [-0.25, -0.2) is 14.2 Å². The highest BCUT2D eigenvalue weighted by Gasteiger charge is 2.12. The van der Waals surface area contributed by atoms with Gasteiger partial charge < -0.3 is 10.4 Å². The van der Waals surface area contributed by atoms with Gasteiger partial charge in [0.2, 0.25) is 0 Å². The quantitative estimate of drug-likeness (QED) is 0.870. The Hall–Kier alpha value is -2.50. The molecular formula is C12H10FN3O2. The van der Waals surface area contributed by atoms with Gasteiger partial charge in [0.1, 0.15) is 5.82 Å². The van der Waals surface area contributed by atoms with Crippen molar-refractivity contribution in [2.75, 3.05) is 5.32 Å². The van der Waals surface area contributed by atoms with Crippen LogP contribution in [0.15, 0.2) is 30.6 Å². The molecule has 0 fully saturated rings. The Morgan fingerprint density at radius 3 is 2.83 bits per heavy atom. The normalized spacial score (nSPS) is 10.1. The summed E-state index contributed by atoms with van der Waals surface area (Å²) in [4.78, 5) is 18.6. The number of pyridine rings is 2. The molecule has 0 aromatic carbocycles. The Bertz CT molecular complexity index is 602. The number of carboxylic acids is 1. The Morgan fingerprint density at radius 2 is 2.17 bits per heavy atom. The van der Waals surface area contributed by atoms with E-state index in [0.29, 0.717) is 17.1 Å². The van der Waals surface area contributed by atoms with Crippen molar-refractivity contribution in [2.45, 2.75) is 6.92 Å². The van der Waals surface area contributed by atoms with Crippen molar-refractivity contribution in [2.24, 2.45) is 0 Å². The molecule has 0 spiro atoms. The number of halogens is 1. The lowest BCUT2D eigenvalue weighted by atomic mass is 10.2. The maximum Gasteiger partial charge on any atom is 0.356 e. The van der Waals surface area contributed by atoms with E-state index in [0.717, 1.165) is 6.20 Å². The van der Waals surface area contributed by atoms with E-state index in [2.05, 4.69) is 15.3 Å². The number of nitrogens with zero attached hydrogens (tertiary/aromatic N) is 2. The molecule has 6 heteroatoms. The fraction of sp³-hybridized carbons (Fsp3) is 0.0833. The largest absolute Gasteiger partial charge is 0.476 e. The lowest BCUT2D eigenvalue weighted by Gasteiger charge is -2.09. The molecule has 2 heterocycles. The van der Waals surface area contributed by atoms with Crippen LogP contribution in [0, 0.1) is 12.7 Å². The van der Waals surface area contributed by atoms with Gasteiger partial charge in [0.05, 0.1) is 23.8 Å². The predicted octanol–water partition coefficient (Wildman–Crippen LogP) is 2.37. The number of aromatic carboxylic acids is 1. The van der Waals surface area contributed by atoms with E-state index >= 15 is 0 Å². The fourth-order valence-electron chi connectivity index (χ4n) is 1.46. The number of hydrogen-bond donors (Lipinski definition) is 2. The van der Waals surface area contributed by atoms with Crippen LogP contribution in [0.2, 0.25) is 0 Å². The standard InChI is InChI=1S/C12H10FN3O2/c1-7-2-3-10(11(15-7)12(17)18)16-9-4-8(13)5-14-6-9/h2-6,16H,1H3,(H,17,18). The summed E-state index contributed by atoms with van der Waals surface area (Å²) >= 11 is 0. The number of hydrogen-bond acceptors (Lipinski definition) is 4.